The van der Waals surface area contributed by atoms with Crippen molar-refractivity contribution in [3.63, 3.8) is 0 Å². The second-order valence-electron chi connectivity index (χ2n) is 8.50. The predicted molar refractivity (Wildman–Crippen MR) is 127 cm³/mol. The van der Waals surface area contributed by atoms with E-state index in [9.17, 15) is 0 Å². The quantitative estimate of drug-likeness (QED) is 0.436. The van der Waals surface area contributed by atoms with Crippen LogP contribution in [0.25, 0.3) is 44.6 Å². The Morgan fingerprint density at radius 1 is 1.06 bits per heavy atom. The molecule has 1 N–H and O–H groups in total. The number of aromatic nitrogens is 5. The summed E-state index contributed by atoms with van der Waals surface area (Å²) in [6, 6.07) is 12.4. The average Bonchev–Trinajstić information content (AvgIpc) is 3.44. The fourth-order valence-corrected chi connectivity index (χ4v) is 4.63. The number of anilines is 1. The van der Waals surface area contributed by atoms with Crippen LogP contribution in [0.15, 0.2) is 47.1 Å². The summed E-state index contributed by atoms with van der Waals surface area (Å²) >= 11 is 0. The Kier molecular flexibility index (Phi) is 4.62. The number of rotatable bonds is 3. The molecule has 1 aliphatic heterocycles. The zero-order chi connectivity index (χ0) is 22.5. The van der Waals surface area contributed by atoms with E-state index >= 15 is 0 Å². The minimum absolute atomic E-state index is 0.178. The monoisotopic (exact) mass is 440 g/mol. The van der Waals surface area contributed by atoms with Crippen molar-refractivity contribution in [3.05, 3.63) is 54.0 Å². The molecule has 1 fully saturated rings. The van der Waals surface area contributed by atoms with Crippen molar-refractivity contribution < 1.29 is 9.26 Å². The van der Waals surface area contributed by atoms with Gasteiger partial charge in [0.05, 0.1) is 41.7 Å². The molecule has 8 heteroatoms. The largest absolute Gasteiger partial charge is 0.377 e. The molecule has 0 spiro atoms. The summed E-state index contributed by atoms with van der Waals surface area (Å²) in [6.45, 7) is 8.04. The smallest absolute Gasteiger partial charge is 0.162 e. The van der Waals surface area contributed by atoms with Crippen LogP contribution in [0.3, 0.4) is 0 Å². The van der Waals surface area contributed by atoms with Gasteiger partial charge in [0.15, 0.2) is 11.6 Å². The number of aromatic amines is 1. The Balaban J connectivity index is 1.60. The van der Waals surface area contributed by atoms with Crippen molar-refractivity contribution in [2.45, 2.75) is 26.8 Å². The van der Waals surface area contributed by atoms with Crippen LogP contribution >= 0.6 is 0 Å². The van der Waals surface area contributed by atoms with Gasteiger partial charge in [0.2, 0.25) is 0 Å². The number of nitrogens with zero attached hydrogens (tertiary/aromatic N) is 5. The summed E-state index contributed by atoms with van der Waals surface area (Å²) in [5.74, 6) is 2.26. The minimum Gasteiger partial charge on any atom is -0.377 e. The molecule has 1 aliphatic rings. The van der Waals surface area contributed by atoms with Crippen molar-refractivity contribution in [3.8, 4) is 22.6 Å². The third-order valence-electron chi connectivity index (χ3n) is 6.29. The lowest BCUT2D eigenvalue weighted by molar-refractivity contribution is 0.0987. The van der Waals surface area contributed by atoms with Crippen LogP contribution in [-0.2, 0) is 4.74 Å². The van der Waals surface area contributed by atoms with E-state index in [1.165, 1.54) is 0 Å². The van der Waals surface area contributed by atoms with Crippen LogP contribution in [0.5, 0.6) is 0 Å². The lowest BCUT2D eigenvalue weighted by Gasteiger charge is -2.34. The maximum absolute atomic E-state index is 5.69. The first kappa shape index (κ1) is 19.9. The van der Waals surface area contributed by atoms with Gasteiger partial charge in [-0.15, -0.1) is 0 Å². The number of benzene rings is 1. The molecule has 6 rings (SSSR count). The maximum Gasteiger partial charge on any atom is 0.162 e. The first-order valence-electron chi connectivity index (χ1n) is 11.1. The zero-order valence-electron chi connectivity index (χ0n) is 18.8. The van der Waals surface area contributed by atoms with Crippen molar-refractivity contribution in [1.82, 2.24) is 25.1 Å². The third-order valence-corrected chi connectivity index (χ3v) is 6.29. The highest BCUT2D eigenvalue weighted by atomic mass is 16.5. The molecule has 5 aromatic rings. The number of ether oxygens (including phenoxy) is 1. The van der Waals surface area contributed by atoms with Crippen LogP contribution < -0.4 is 4.90 Å². The molecule has 166 valence electrons. The Hall–Kier alpha value is -3.78. The molecule has 0 saturated carbocycles. The van der Waals surface area contributed by atoms with Crippen molar-refractivity contribution in [2.75, 3.05) is 24.7 Å². The first-order chi connectivity index (χ1) is 16.1. The maximum atomic E-state index is 5.69. The lowest BCUT2D eigenvalue weighted by Crippen LogP contribution is -2.44. The van der Waals surface area contributed by atoms with Gasteiger partial charge in [-0.1, -0.05) is 17.3 Å². The number of morpholine rings is 1. The number of hydrogen-bond donors (Lipinski definition) is 1. The molecular weight excluding hydrogens is 416 g/mol. The Morgan fingerprint density at radius 3 is 2.79 bits per heavy atom. The zero-order valence-corrected chi connectivity index (χ0v) is 18.8. The third kappa shape index (κ3) is 3.25. The fraction of sp³-hybridized carbons (Fsp3) is 0.280. The van der Waals surface area contributed by atoms with E-state index in [0.717, 1.165) is 62.6 Å². The van der Waals surface area contributed by atoms with Crippen LogP contribution in [0.4, 0.5) is 5.82 Å². The molecular formula is C25H24N6O2. The van der Waals surface area contributed by atoms with Gasteiger partial charge >= 0.3 is 0 Å². The van der Waals surface area contributed by atoms with Gasteiger partial charge in [0, 0.05) is 29.2 Å². The normalized spacial score (nSPS) is 16.7. The second-order valence-corrected chi connectivity index (χ2v) is 8.50. The van der Waals surface area contributed by atoms with Crippen LogP contribution in [0, 0.1) is 13.8 Å². The van der Waals surface area contributed by atoms with Gasteiger partial charge in [0.25, 0.3) is 0 Å². The van der Waals surface area contributed by atoms with E-state index < -0.39 is 0 Å². The average molecular weight is 441 g/mol. The van der Waals surface area contributed by atoms with Gasteiger partial charge in [-0.2, -0.15) is 0 Å². The van der Waals surface area contributed by atoms with E-state index in [2.05, 4.69) is 40.2 Å². The molecule has 0 amide bonds. The van der Waals surface area contributed by atoms with Gasteiger partial charge in [0.1, 0.15) is 11.3 Å². The Labute approximate surface area is 190 Å². The van der Waals surface area contributed by atoms with Gasteiger partial charge in [-0.05, 0) is 45.0 Å². The molecule has 0 radical (unpaired) electrons. The van der Waals surface area contributed by atoms with E-state index in [0.29, 0.717) is 19.0 Å². The summed E-state index contributed by atoms with van der Waals surface area (Å²) in [6.07, 6.45) is 1.94. The molecule has 5 heterocycles. The molecule has 0 aliphatic carbocycles. The highest BCUT2D eigenvalue weighted by molar-refractivity contribution is 5.96. The number of pyridine rings is 1. The van der Waals surface area contributed by atoms with E-state index in [1.807, 2.05) is 38.2 Å². The first-order valence-corrected chi connectivity index (χ1v) is 11.1. The highest BCUT2D eigenvalue weighted by Crippen LogP contribution is 2.34. The minimum atomic E-state index is 0.178. The van der Waals surface area contributed by atoms with Crippen molar-refractivity contribution in [2.24, 2.45) is 0 Å². The summed E-state index contributed by atoms with van der Waals surface area (Å²) in [5, 5.41) is 5.19. The summed E-state index contributed by atoms with van der Waals surface area (Å²) in [5.41, 5.74) is 6.17. The van der Waals surface area contributed by atoms with Crippen molar-refractivity contribution in [1.29, 1.82) is 0 Å². The summed E-state index contributed by atoms with van der Waals surface area (Å²) in [7, 11) is 0. The van der Waals surface area contributed by atoms with Gasteiger partial charge in [-0.3, -0.25) is 0 Å². The SMILES string of the molecule is Cc1noc(C)c1-c1ccc2nc(-c3cccc4[nH]ccc34)nc(N3CCOC[C@H]3C)c2n1. The number of H-pyrrole nitrogens is 1. The van der Waals surface area contributed by atoms with E-state index in [-0.39, 0.29) is 6.04 Å². The lowest BCUT2D eigenvalue weighted by atomic mass is 10.1. The van der Waals surface area contributed by atoms with Gasteiger partial charge in [-0.25, -0.2) is 15.0 Å². The Morgan fingerprint density at radius 2 is 1.97 bits per heavy atom. The number of nitrogens with one attached hydrogen (secondary N) is 1. The molecule has 1 atom stereocenters. The van der Waals surface area contributed by atoms with Crippen LogP contribution in [0.2, 0.25) is 0 Å². The summed E-state index contributed by atoms with van der Waals surface area (Å²) in [4.78, 5) is 20.6. The standard InChI is InChI=1S/C25H24N6O2/c1-14-13-32-12-11-31(14)25-23-21(8-7-20(27-23)22-15(2)30-33-16(22)3)28-24(29-25)18-5-4-6-19-17(18)9-10-26-19/h4-10,14,26H,11-13H2,1-3H3/t14-/m1/s1. The molecule has 0 bridgehead atoms. The van der Waals surface area contributed by atoms with E-state index in [1.54, 1.807) is 0 Å². The van der Waals surface area contributed by atoms with Gasteiger partial charge < -0.3 is 19.1 Å². The van der Waals surface area contributed by atoms with Crippen LogP contribution in [-0.4, -0.2) is 50.9 Å². The topological polar surface area (TPSA) is 93.0 Å². The molecule has 4 aromatic heterocycles. The number of hydrogen-bond acceptors (Lipinski definition) is 7. The fourth-order valence-electron chi connectivity index (χ4n) is 4.63. The molecule has 8 nitrogen and oxygen atoms in total. The number of fused-ring (bicyclic) bond motifs is 2. The molecule has 1 saturated heterocycles. The molecule has 0 unspecified atom stereocenters. The van der Waals surface area contributed by atoms with E-state index in [4.69, 9.17) is 24.2 Å². The molecule has 33 heavy (non-hydrogen) atoms. The molecule has 1 aromatic carbocycles. The summed E-state index contributed by atoms with van der Waals surface area (Å²) < 4.78 is 11.1. The van der Waals surface area contributed by atoms with Crippen molar-refractivity contribution >= 4 is 27.8 Å². The Bertz CT molecular complexity index is 1470. The van der Waals surface area contributed by atoms with Crippen LogP contribution in [0.1, 0.15) is 18.4 Å². The predicted octanol–water partition coefficient (Wildman–Crippen LogP) is 4.67. The second kappa shape index (κ2) is 7.67. The highest BCUT2D eigenvalue weighted by Gasteiger charge is 2.25. The number of aryl methyl sites for hydroxylation is 2.